The predicted molar refractivity (Wildman–Crippen MR) is 138 cm³/mol. The third-order valence-corrected chi connectivity index (χ3v) is 6.72. The summed E-state index contributed by atoms with van der Waals surface area (Å²) in [6, 6.07) is 15.6. The van der Waals surface area contributed by atoms with E-state index in [1.807, 2.05) is 43.3 Å². The van der Waals surface area contributed by atoms with Crippen LogP contribution in [-0.4, -0.2) is 40.2 Å². The fourth-order valence-corrected chi connectivity index (χ4v) is 4.27. The molecule has 8 heteroatoms. The van der Waals surface area contributed by atoms with Crippen LogP contribution >= 0.6 is 11.8 Å². The number of hydrogen-bond donors (Lipinski definition) is 1. The van der Waals surface area contributed by atoms with Gasteiger partial charge in [0.2, 0.25) is 5.17 Å². The largest absolute Gasteiger partial charge is 0.490 e. The van der Waals surface area contributed by atoms with Gasteiger partial charge in [0.25, 0.3) is 5.91 Å². The highest BCUT2D eigenvalue weighted by Gasteiger charge is 2.35. The molecule has 0 fully saturated rings. The third kappa shape index (κ3) is 5.39. The number of hydrogen-bond acceptors (Lipinski definition) is 6. The lowest BCUT2D eigenvalue weighted by molar-refractivity contribution is -0.114. The van der Waals surface area contributed by atoms with E-state index in [1.54, 1.807) is 6.08 Å². The Morgan fingerprint density at radius 3 is 2.24 bits per heavy atom. The second kappa shape index (κ2) is 10.7. The van der Waals surface area contributed by atoms with Crippen molar-refractivity contribution in [2.24, 2.45) is 10.1 Å². The molecule has 34 heavy (non-hydrogen) atoms. The van der Waals surface area contributed by atoms with E-state index in [-0.39, 0.29) is 11.4 Å². The lowest BCUT2D eigenvalue weighted by atomic mass is 9.99. The Hall–Kier alpha value is -3.39. The highest BCUT2D eigenvalue weighted by atomic mass is 32.2. The van der Waals surface area contributed by atoms with Gasteiger partial charge < -0.3 is 9.47 Å². The van der Waals surface area contributed by atoms with Crippen LogP contribution in [0.25, 0.3) is 6.08 Å². The van der Waals surface area contributed by atoms with Crippen molar-refractivity contribution in [1.82, 2.24) is 5.01 Å². The van der Waals surface area contributed by atoms with Crippen molar-refractivity contribution in [3.63, 3.8) is 0 Å². The van der Waals surface area contributed by atoms with Crippen LogP contribution in [0.15, 0.2) is 64.2 Å². The molecular formula is C26H28N4O3S. The van der Waals surface area contributed by atoms with Crippen molar-refractivity contribution < 1.29 is 14.3 Å². The Kier molecular flexibility index (Phi) is 7.47. The molecule has 0 saturated heterocycles. The van der Waals surface area contributed by atoms with Crippen molar-refractivity contribution >= 4 is 39.8 Å². The summed E-state index contributed by atoms with van der Waals surface area (Å²) in [6.45, 7) is 7.24. The summed E-state index contributed by atoms with van der Waals surface area (Å²) in [5.74, 6) is 1.70. The molecule has 1 atom stereocenters. The van der Waals surface area contributed by atoms with Gasteiger partial charge in [0.15, 0.2) is 5.84 Å². The maximum Gasteiger partial charge on any atom is 0.283 e. The van der Waals surface area contributed by atoms with Crippen LogP contribution in [0, 0.1) is 5.41 Å². The van der Waals surface area contributed by atoms with Crippen molar-refractivity contribution in [2.75, 3.05) is 13.2 Å². The number of carbonyl (C=O) groups excluding carboxylic acids is 1. The number of benzene rings is 2. The highest BCUT2D eigenvalue weighted by Crippen LogP contribution is 2.29. The van der Waals surface area contributed by atoms with Gasteiger partial charge in [-0.3, -0.25) is 10.2 Å². The number of nitrogens with zero attached hydrogens (tertiary/aromatic N) is 3. The fourth-order valence-electron chi connectivity index (χ4n) is 3.45. The first-order chi connectivity index (χ1) is 16.5. The van der Waals surface area contributed by atoms with E-state index in [4.69, 9.17) is 14.9 Å². The summed E-state index contributed by atoms with van der Waals surface area (Å²) < 4.78 is 11.5. The van der Waals surface area contributed by atoms with Gasteiger partial charge in [-0.1, -0.05) is 45.0 Å². The van der Waals surface area contributed by atoms with Crippen LogP contribution < -0.4 is 9.47 Å². The first-order valence-corrected chi connectivity index (χ1v) is 12.2. The molecule has 2 aromatic carbocycles. The summed E-state index contributed by atoms with van der Waals surface area (Å²) in [5, 5.41) is 15.5. The van der Waals surface area contributed by atoms with Crippen LogP contribution in [0.5, 0.6) is 11.5 Å². The van der Waals surface area contributed by atoms with Crippen molar-refractivity contribution in [1.29, 1.82) is 5.41 Å². The maximum absolute atomic E-state index is 12.4. The van der Waals surface area contributed by atoms with Gasteiger partial charge in [-0.25, -0.2) is 0 Å². The fraction of sp³-hybridized carbons (Fsp3) is 0.308. The average Bonchev–Trinajstić information content (AvgIpc) is 3.28. The zero-order valence-corrected chi connectivity index (χ0v) is 20.4. The molecule has 0 unspecified atom stereocenters. The molecule has 2 aliphatic heterocycles. The second-order valence-electron chi connectivity index (χ2n) is 8.01. The summed E-state index contributed by atoms with van der Waals surface area (Å²) in [5.41, 5.74) is 2.31. The standard InChI is InChI=1S/C26H28N4O3S/c1-4-17(3)19-8-12-21(13-9-19)33-15-14-32-20-10-6-18(7-11-20)16-22-24(27)30-26(28-25(22)31)34-23(5-2)29-30/h6-13,16-17,27H,4-5,14-15H2,1-3H3/b22-16+,27-24?/t17-/m1/s1. The lowest BCUT2D eigenvalue weighted by Gasteiger charge is -2.20. The minimum absolute atomic E-state index is 0.0422. The second-order valence-corrected chi connectivity index (χ2v) is 9.05. The molecule has 4 rings (SSSR count). The number of aliphatic imine (C=N–C) groups is 1. The normalized spacial score (nSPS) is 17.4. The van der Waals surface area contributed by atoms with E-state index in [0.29, 0.717) is 30.0 Å². The van der Waals surface area contributed by atoms with E-state index in [2.05, 4.69) is 36.1 Å². The molecule has 0 aliphatic carbocycles. The zero-order chi connectivity index (χ0) is 24.1. The Morgan fingerprint density at radius 2 is 1.65 bits per heavy atom. The molecule has 0 aromatic heterocycles. The predicted octanol–water partition coefficient (Wildman–Crippen LogP) is 5.69. The van der Waals surface area contributed by atoms with E-state index >= 15 is 0 Å². The minimum Gasteiger partial charge on any atom is -0.490 e. The van der Waals surface area contributed by atoms with E-state index in [1.165, 1.54) is 22.3 Å². The summed E-state index contributed by atoms with van der Waals surface area (Å²) in [6.07, 6.45) is 3.51. The van der Waals surface area contributed by atoms with Crippen LogP contribution in [0.3, 0.4) is 0 Å². The topological polar surface area (TPSA) is 87.3 Å². The number of amides is 1. The molecule has 0 bridgehead atoms. The Labute approximate surface area is 204 Å². The van der Waals surface area contributed by atoms with Crippen LogP contribution in [0.1, 0.15) is 50.7 Å². The van der Waals surface area contributed by atoms with Gasteiger partial charge >= 0.3 is 0 Å². The molecule has 2 aromatic rings. The van der Waals surface area contributed by atoms with Crippen LogP contribution in [-0.2, 0) is 4.79 Å². The first-order valence-electron chi connectivity index (χ1n) is 11.4. The van der Waals surface area contributed by atoms with Gasteiger partial charge in [0.05, 0.1) is 5.57 Å². The van der Waals surface area contributed by atoms with Gasteiger partial charge in [0.1, 0.15) is 29.8 Å². The van der Waals surface area contributed by atoms with Gasteiger partial charge in [-0.15, -0.1) is 0 Å². The van der Waals surface area contributed by atoms with E-state index in [9.17, 15) is 4.79 Å². The molecular weight excluding hydrogens is 448 g/mol. The first kappa shape index (κ1) is 23.8. The van der Waals surface area contributed by atoms with E-state index in [0.717, 1.165) is 29.2 Å². The van der Waals surface area contributed by atoms with Crippen LogP contribution in [0.4, 0.5) is 0 Å². The minimum atomic E-state index is -0.425. The van der Waals surface area contributed by atoms with Crippen molar-refractivity contribution in [3.05, 3.63) is 65.2 Å². The lowest BCUT2D eigenvalue weighted by Crippen LogP contribution is -2.35. The number of rotatable bonds is 9. The number of fused-ring (bicyclic) bond motifs is 1. The molecule has 176 valence electrons. The molecule has 0 radical (unpaired) electrons. The number of ether oxygens (including phenoxy) is 2. The van der Waals surface area contributed by atoms with Gasteiger partial charge in [0, 0.05) is 0 Å². The summed E-state index contributed by atoms with van der Waals surface area (Å²) in [7, 11) is 0. The summed E-state index contributed by atoms with van der Waals surface area (Å²) >= 11 is 1.33. The Bertz CT molecular complexity index is 1150. The molecule has 7 nitrogen and oxygen atoms in total. The van der Waals surface area contributed by atoms with Gasteiger partial charge in [-0.05, 0) is 72.0 Å². The average molecular weight is 477 g/mol. The third-order valence-electron chi connectivity index (χ3n) is 5.67. The van der Waals surface area contributed by atoms with Crippen molar-refractivity contribution in [3.8, 4) is 11.5 Å². The maximum atomic E-state index is 12.4. The molecule has 2 heterocycles. The Morgan fingerprint density at radius 1 is 1.03 bits per heavy atom. The number of carbonyl (C=O) groups is 1. The summed E-state index contributed by atoms with van der Waals surface area (Å²) in [4.78, 5) is 16.5. The quantitative estimate of drug-likeness (QED) is 0.371. The van der Waals surface area contributed by atoms with E-state index < -0.39 is 5.91 Å². The highest BCUT2D eigenvalue weighted by molar-refractivity contribution is 8.26. The molecule has 0 spiro atoms. The number of hydrazone groups is 1. The molecule has 1 N–H and O–H groups in total. The van der Waals surface area contributed by atoms with Crippen LogP contribution in [0.2, 0.25) is 0 Å². The molecule has 2 aliphatic rings. The van der Waals surface area contributed by atoms with Crippen molar-refractivity contribution in [2.45, 2.75) is 39.5 Å². The Balaban J connectivity index is 1.30. The number of thioether (sulfide) groups is 1. The smallest absolute Gasteiger partial charge is 0.283 e. The van der Waals surface area contributed by atoms with Gasteiger partial charge in [-0.2, -0.15) is 15.1 Å². The number of nitrogens with one attached hydrogen (secondary N) is 1. The SMILES string of the molecule is CCC1=NN2C(=N)/C(=C\c3ccc(OCCOc4ccc([C@H](C)CC)cc4)cc3)C(=O)N=C2S1. The number of amidine groups is 2. The zero-order valence-electron chi connectivity index (χ0n) is 19.6. The molecule has 1 amide bonds. The monoisotopic (exact) mass is 476 g/mol. The molecule has 0 saturated carbocycles.